The predicted octanol–water partition coefficient (Wildman–Crippen LogP) is 3.82. The van der Waals surface area contributed by atoms with Crippen molar-refractivity contribution in [1.29, 1.82) is 0 Å². The summed E-state index contributed by atoms with van der Waals surface area (Å²) < 4.78 is 10.7. The maximum absolute atomic E-state index is 12.0. The van der Waals surface area contributed by atoms with Crippen LogP contribution < -0.4 is 14.8 Å². The highest BCUT2D eigenvalue weighted by Gasteiger charge is 2.08. The number of aryl methyl sites for hydroxylation is 2. The van der Waals surface area contributed by atoms with Crippen LogP contribution in [0.3, 0.4) is 0 Å². The monoisotopic (exact) mass is 349 g/mol. The Hall–Kier alpha value is -3.41. The van der Waals surface area contributed by atoms with Gasteiger partial charge in [0.25, 0.3) is 0 Å². The zero-order valence-electron chi connectivity index (χ0n) is 14.6. The third kappa shape index (κ3) is 5.04. The molecule has 1 N–H and O–H groups in total. The number of nitrogens with zero attached hydrogens (tertiary/aromatic N) is 2. The third-order valence-corrected chi connectivity index (χ3v) is 3.40. The summed E-state index contributed by atoms with van der Waals surface area (Å²) in [5.74, 6) is 1.06. The van der Waals surface area contributed by atoms with E-state index >= 15 is 0 Å². The molecule has 0 aliphatic heterocycles. The Balaban J connectivity index is 1.60. The number of para-hydroxylation sites is 1. The molecule has 132 valence electrons. The summed E-state index contributed by atoms with van der Waals surface area (Å²) in [4.78, 5) is 20.6. The molecule has 0 bridgehead atoms. The fourth-order valence-electron chi connectivity index (χ4n) is 2.37. The van der Waals surface area contributed by atoms with E-state index in [-0.39, 0.29) is 6.61 Å². The zero-order valence-corrected chi connectivity index (χ0v) is 14.6. The van der Waals surface area contributed by atoms with Crippen molar-refractivity contribution in [2.45, 2.75) is 13.8 Å². The van der Waals surface area contributed by atoms with Crippen LogP contribution in [0.25, 0.3) is 0 Å². The number of anilines is 2. The molecular weight excluding hydrogens is 330 g/mol. The van der Waals surface area contributed by atoms with E-state index in [1.807, 2.05) is 44.2 Å². The molecule has 2 aromatic carbocycles. The van der Waals surface area contributed by atoms with Gasteiger partial charge < -0.3 is 14.8 Å². The number of aromatic nitrogens is 2. The van der Waals surface area contributed by atoms with Crippen LogP contribution in [0, 0.1) is 13.8 Å². The summed E-state index contributed by atoms with van der Waals surface area (Å²) in [7, 11) is 0. The van der Waals surface area contributed by atoms with Gasteiger partial charge in [0.1, 0.15) is 11.5 Å². The summed E-state index contributed by atoms with van der Waals surface area (Å²) in [6.45, 7) is 3.65. The van der Waals surface area contributed by atoms with Crippen LogP contribution in [0.4, 0.5) is 11.6 Å². The number of esters is 1. The lowest BCUT2D eigenvalue weighted by molar-refractivity contribution is -0.136. The molecule has 3 rings (SSSR count). The van der Waals surface area contributed by atoms with Crippen LogP contribution >= 0.6 is 0 Å². The molecule has 26 heavy (non-hydrogen) atoms. The van der Waals surface area contributed by atoms with Crippen molar-refractivity contribution in [2.75, 3.05) is 11.9 Å². The van der Waals surface area contributed by atoms with Crippen LogP contribution in [-0.2, 0) is 4.79 Å². The quantitative estimate of drug-likeness (QED) is 0.539. The third-order valence-electron chi connectivity index (χ3n) is 3.40. The first kappa shape index (κ1) is 17.4. The maximum Gasteiger partial charge on any atom is 0.349 e. The molecular formula is C20H19N3O3. The minimum Gasteiger partial charge on any atom is -0.482 e. The Labute approximate surface area is 151 Å². The number of carbonyl (C=O) groups is 1. The Morgan fingerprint density at radius 1 is 0.923 bits per heavy atom. The van der Waals surface area contributed by atoms with E-state index in [2.05, 4.69) is 15.3 Å². The molecule has 0 aliphatic carbocycles. The van der Waals surface area contributed by atoms with E-state index in [0.29, 0.717) is 17.4 Å². The van der Waals surface area contributed by atoms with E-state index < -0.39 is 5.97 Å². The smallest absolute Gasteiger partial charge is 0.349 e. The maximum atomic E-state index is 12.0. The van der Waals surface area contributed by atoms with Crippen molar-refractivity contribution < 1.29 is 14.3 Å². The second-order valence-electron chi connectivity index (χ2n) is 5.70. The molecule has 0 spiro atoms. The normalized spacial score (nSPS) is 10.2. The van der Waals surface area contributed by atoms with Crippen LogP contribution in [0.5, 0.6) is 11.5 Å². The van der Waals surface area contributed by atoms with Gasteiger partial charge in [0.05, 0.1) is 0 Å². The summed E-state index contributed by atoms with van der Waals surface area (Å²) in [5.41, 5.74) is 2.48. The minimum atomic E-state index is -0.478. The van der Waals surface area contributed by atoms with Gasteiger partial charge in [0, 0.05) is 23.1 Å². The summed E-state index contributed by atoms with van der Waals surface area (Å²) >= 11 is 0. The van der Waals surface area contributed by atoms with Gasteiger partial charge in [-0.15, -0.1) is 0 Å². The van der Waals surface area contributed by atoms with Crippen LogP contribution in [0.2, 0.25) is 0 Å². The lowest BCUT2D eigenvalue weighted by Gasteiger charge is -2.09. The molecule has 0 aliphatic rings. The van der Waals surface area contributed by atoms with Crippen molar-refractivity contribution in [2.24, 2.45) is 0 Å². The van der Waals surface area contributed by atoms with Crippen molar-refractivity contribution in [3.8, 4) is 11.5 Å². The fraction of sp³-hybridized carbons (Fsp3) is 0.150. The average molecular weight is 349 g/mol. The summed E-state index contributed by atoms with van der Waals surface area (Å²) in [6, 6.07) is 18.1. The molecule has 0 saturated carbocycles. The van der Waals surface area contributed by atoms with E-state index in [0.717, 1.165) is 17.1 Å². The molecule has 6 heteroatoms. The molecule has 3 aromatic rings. The van der Waals surface area contributed by atoms with Crippen LogP contribution in [-0.4, -0.2) is 22.5 Å². The fourth-order valence-corrected chi connectivity index (χ4v) is 2.37. The first-order valence-electron chi connectivity index (χ1n) is 8.16. The molecule has 0 amide bonds. The van der Waals surface area contributed by atoms with Gasteiger partial charge in [-0.3, -0.25) is 0 Å². The van der Waals surface area contributed by atoms with Gasteiger partial charge >= 0.3 is 5.97 Å². The number of ether oxygens (including phenoxy) is 2. The van der Waals surface area contributed by atoms with Crippen LogP contribution in [0.15, 0.2) is 60.7 Å². The number of nitrogens with one attached hydrogen (secondary N) is 1. The number of carbonyl (C=O) groups excluding carboxylic acids is 1. The lowest BCUT2D eigenvalue weighted by atomic mass is 10.3. The minimum absolute atomic E-state index is 0.165. The number of benzene rings is 2. The molecule has 0 fully saturated rings. The van der Waals surface area contributed by atoms with Crippen molar-refractivity contribution >= 4 is 17.6 Å². The first-order chi connectivity index (χ1) is 12.6. The molecule has 0 radical (unpaired) electrons. The van der Waals surface area contributed by atoms with Crippen molar-refractivity contribution in [3.05, 3.63) is 72.1 Å². The number of hydrogen-bond donors (Lipinski definition) is 1. The molecule has 0 atom stereocenters. The molecule has 1 heterocycles. The standard InChI is InChI=1S/C20H19N3O3/c1-14-11-15(2)22-20(21-14)23-16-7-6-10-18(12-16)26-19(24)13-25-17-8-4-3-5-9-17/h3-12H,13H2,1-2H3,(H,21,22,23). The SMILES string of the molecule is Cc1cc(C)nc(Nc2cccc(OC(=O)COc3ccccc3)c2)n1. The van der Waals surface area contributed by atoms with E-state index in [1.165, 1.54) is 0 Å². The van der Waals surface area contributed by atoms with Crippen molar-refractivity contribution in [1.82, 2.24) is 9.97 Å². The predicted molar refractivity (Wildman–Crippen MR) is 98.8 cm³/mol. The Bertz CT molecular complexity index is 878. The second kappa shape index (κ2) is 8.11. The Morgan fingerprint density at radius 2 is 1.62 bits per heavy atom. The van der Waals surface area contributed by atoms with E-state index in [1.54, 1.807) is 30.3 Å². The van der Waals surface area contributed by atoms with E-state index in [4.69, 9.17) is 9.47 Å². The topological polar surface area (TPSA) is 73.3 Å². The lowest BCUT2D eigenvalue weighted by Crippen LogP contribution is -2.17. The number of rotatable bonds is 6. The van der Waals surface area contributed by atoms with Crippen LogP contribution in [0.1, 0.15) is 11.4 Å². The molecule has 0 saturated heterocycles. The largest absolute Gasteiger partial charge is 0.482 e. The van der Waals surface area contributed by atoms with Gasteiger partial charge in [-0.2, -0.15) is 0 Å². The highest BCUT2D eigenvalue weighted by Crippen LogP contribution is 2.20. The first-order valence-corrected chi connectivity index (χ1v) is 8.16. The van der Waals surface area contributed by atoms with Gasteiger partial charge in [-0.05, 0) is 44.2 Å². The molecule has 6 nitrogen and oxygen atoms in total. The van der Waals surface area contributed by atoms with E-state index in [9.17, 15) is 4.79 Å². The number of hydrogen-bond acceptors (Lipinski definition) is 6. The average Bonchev–Trinajstić information content (AvgIpc) is 2.60. The second-order valence-corrected chi connectivity index (χ2v) is 5.70. The van der Waals surface area contributed by atoms with Gasteiger partial charge in [0.15, 0.2) is 6.61 Å². The zero-order chi connectivity index (χ0) is 18.4. The van der Waals surface area contributed by atoms with Gasteiger partial charge in [-0.25, -0.2) is 14.8 Å². The summed E-state index contributed by atoms with van der Waals surface area (Å²) in [5, 5.41) is 3.11. The molecule has 1 aromatic heterocycles. The van der Waals surface area contributed by atoms with Gasteiger partial charge in [-0.1, -0.05) is 24.3 Å². The molecule has 0 unspecified atom stereocenters. The Morgan fingerprint density at radius 3 is 2.35 bits per heavy atom. The Kier molecular flexibility index (Phi) is 5.43. The van der Waals surface area contributed by atoms with Gasteiger partial charge in [0.2, 0.25) is 5.95 Å². The summed E-state index contributed by atoms with van der Waals surface area (Å²) in [6.07, 6.45) is 0. The van der Waals surface area contributed by atoms with Crippen molar-refractivity contribution in [3.63, 3.8) is 0 Å². The highest BCUT2D eigenvalue weighted by atomic mass is 16.6. The highest BCUT2D eigenvalue weighted by molar-refractivity contribution is 5.74.